The van der Waals surface area contributed by atoms with Gasteiger partial charge in [-0.1, -0.05) is 23.7 Å². The second kappa shape index (κ2) is 5.01. The maximum Gasteiger partial charge on any atom is 0.217 e. The molecule has 1 amide bonds. The maximum absolute atomic E-state index is 10.6. The first kappa shape index (κ1) is 11.7. The topological polar surface area (TPSA) is 69.1 Å². The number of halogens is 1. The summed E-state index contributed by atoms with van der Waals surface area (Å²) in [7, 11) is 0. The number of nitrogens with two attached hydrogens (primary N) is 1. The van der Waals surface area contributed by atoms with E-state index in [2.05, 4.69) is 4.98 Å². The summed E-state index contributed by atoms with van der Waals surface area (Å²) in [5, 5.41) is 0.672. The van der Waals surface area contributed by atoms with E-state index < -0.39 is 0 Å². The quantitative estimate of drug-likeness (QED) is 0.906. The molecule has 5 heteroatoms. The van der Waals surface area contributed by atoms with Crippen molar-refractivity contribution in [2.75, 3.05) is 0 Å². The maximum atomic E-state index is 10.6. The van der Waals surface area contributed by atoms with Crippen LogP contribution in [0, 0.1) is 0 Å². The van der Waals surface area contributed by atoms with Gasteiger partial charge in [0.15, 0.2) is 5.89 Å². The van der Waals surface area contributed by atoms with E-state index in [4.69, 9.17) is 21.8 Å². The van der Waals surface area contributed by atoms with Gasteiger partial charge < -0.3 is 10.2 Å². The molecule has 2 rings (SSSR count). The van der Waals surface area contributed by atoms with Crippen LogP contribution in [-0.4, -0.2) is 10.9 Å². The number of rotatable bonds is 4. The summed E-state index contributed by atoms with van der Waals surface area (Å²) in [4.78, 5) is 14.9. The Labute approximate surface area is 103 Å². The number of carbonyl (C=O) groups is 1. The predicted molar refractivity (Wildman–Crippen MR) is 64.5 cm³/mol. The fraction of sp³-hybridized carbons (Fsp3) is 0.167. The molecule has 0 fully saturated rings. The van der Waals surface area contributed by atoms with Crippen molar-refractivity contribution in [3.8, 4) is 11.3 Å². The van der Waals surface area contributed by atoms with Crippen LogP contribution in [0.3, 0.4) is 0 Å². The number of nitrogens with zero attached hydrogens (tertiary/aromatic N) is 1. The summed E-state index contributed by atoms with van der Waals surface area (Å²) in [6.07, 6.45) is 2.21. The van der Waals surface area contributed by atoms with Crippen LogP contribution in [0.1, 0.15) is 12.3 Å². The molecule has 4 nitrogen and oxygen atoms in total. The molecule has 88 valence electrons. The zero-order valence-electron chi connectivity index (χ0n) is 9.02. The second-order valence-electron chi connectivity index (χ2n) is 3.60. The third-order valence-electron chi connectivity index (χ3n) is 2.28. The van der Waals surface area contributed by atoms with Gasteiger partial charge in [0.05, 0.1) is 0 Å². The zero-order chi connectivity index (χ0) is 12.3. The average Bonchev–Trinajstić information content (AvgIpc) is 2.76. The SMILES string of the molecule is NC(=O)CCc1nc(-c2ccc(Cl)cc2)co1. The number of carbonyl (C=O) groups excluding carboxylic acids is 1. The third-order valence-corrected chi connectivity index (χ3v) is 2.53. The van der Waals surface area contributed by atoms with Crippen molar-refractivity contribution < 1.29 is 9.21 Å². The minimum Gasteiger partial charge on any atom is -0.448 e. The fourth-order valence-corrected chi connectivity index (χ4v) is 1.54. The van der Waals surface area contributed by atoms with E-state index in [1.807, 2.05) is 12.1 Å². The third kappa shape index (κ3) is 3.07. The highest BCUT2D eigenvalue weighted by Crippen LogP contribution is 2.21. The van der Waals surface area contributed by atoms with Gasteiger partial charge in [0, 0.05) is 23.4 Å². The van der Waals surface area contributed by atoms with Crippen molar-refractivity contribution in [1.82, 2.24) is 4.98 Å². The van der Waals surface area contributed by atoms with Crippen LogP contribution >= 0.6 is 11.6 Å². The van der Waals surface area contributed by atoms with E-state index >= 15 is 0 Å². The molecule has 0 aliphatic heterocycles. The Balaban J connectivity index is 2.12. The average molecular weight is 251 g/mol. The summed E-state index contributed by atoms with van der Waals surface area (Å²) >= 11 is 5.79. The van der Waals surface area contributed by atoms with Crippen LogP contribution in [0.5, 0.6) is 0 Å². The van der Waals surface area contributed by atoms with Crippen LogP contribution in [0.15, 0.2) is 34.9 Å². The summed E-state index contributed by atoms with van der Waals surface area (Å²) in [5.41, 5.74) is 6.69. The lowest BCUT2D eigenvalue weighted by molar-refractivity contribution is -0.118. The first-order chi connectivity index (χ1) is 8.15. The van der Waals surface area contributed by atoms with E-state index in [1.165, 1.54) is 0 Å². The van der Waals surface area contributed by atoms with Crippen molar-refractivity contribution in [2.24, 2.45) is 5.73 Å². The highest BCUT2D eigenvalue weighted by molar-refractivity contribution is 6.30. The Bertz CT molecular complexity index is 520. The fourth-order valence-electron chi connectivity index (χ4n) is 1.41. The number of primary amides is 1. The summed E-state index contributed by atoms with van der Waals surface area (Å²) in [5.74, 6) is 0.144. The second-order valence-corrected chi connectivity index (χ2v) is 4.04. The zero-order valence-corrected chi connectivity index (χ0v) is 9.78. The first-order valence-corrected chi connectivity index (χ1v) is 5.51. The van der Waals surface area contributed by atoms with E-state index in [0.29, 0.717) is 17.3 Å². The smallest absolute Gasteiger partial charge is 0.217 e. The van der Waals surface area contributed by atoms with Gasteiger partial charge in [0.25, 0.3) is 0 Å². The van der Waals surface area contributed by atoms with Gasteiger partial charge in [0.1, 0.15) is 12.0 Å². The standard InChI is InChI=1S/C12H11ClN2O2/c13-9-3-1-8(2-4-9)10-7-17-12(15-10)6-5-11(14)16/h1-4,7H,5-6H2,(H2,14,16). The van der Waals surface area contributed by atoms with Crippen molar-refractivity contribution in [1.29, 1.82) is 0 Å². The molecule has 2 aromatic rings. The molecule has 17 heavy (non-hydrogen) atoms. The summed E-state index contributed by atoms with van der Waals surface area (Å²) in [6.45, 7) is 0. The summed E-state index contributed by atoms with van der Waals surface area (Å²) < 4.78 is 5.25. The Morgan fingerprint density at radius 3 is 2.71 bits per heavy atom. The van der Waals surface area contributed by atoms with E-state index in [-0.39, 0.29) is 12.3 Å². The number of oxazole rings is 1. The van der Waals surface area contributed by atoms with Crippen LogP contribution in [-0.2, 0) is 11.2 Å². The van der Waals surface area contributed by atoms with Gasteiger partial charge in [-0.25, -0.2) is 4.98 Å². The molecule has 0 aliphatic rings. The Kier molecular flexibility index (Phi) is 3.44. The van der Waals surface area contributed by atoms with Gasteiger partial charge in [-0.2, -0.15) is 0 Å². The molecule has 0 bridgehead atoms. The Hall–Kier alpha value is -1.81. The molecule has 0 unspecified atom stereocenters. The van der Waals surface area contributed by atoms with E-state index in [1.54, 1.807) is 18.4 Å². The van der Waals surface area contributed by atoms with Crippen molar-refractivity contribution in [3.63, 3.8) is 0 Å². The Morgan fingerprint density at radius 2 is 2.06 bits per heavy atom. The molecule has 1 aromatic carbocycles. The van der Waals surface area contributed by atoms with Crippen LogP contribution < -0.4 is 5.73 Å². The lowest BCUT2D eigenvalue weighted by atomic mass is 10.2. The molecule has 0 spiro atoms. The minimum absolute atomic E-state index is 0.237. The van der Waals surface area contributed by atoms with Gasteiger partial charge in [-0.05, 0) is 12.1 Å². The van der Waals surface area contributed by atoms with Gasteiger partial charge in [0.2, 0.25) is 5.91 Å². The molecule has 1 aromatic heterocycles. The molecule has 0 saturated carbocycles. The van der Waals surface area contributed by atoms with Crippen LogP contribution in [0.2, 0.25) is 5.02 Å². The normalized spacial score (nSPS) is 10.4. The number of aryl methyl sites for hydroxylation is 1. The lowest BCUT2D eigenvalue weighted by Crippen LogP contribution is -2.11. The highest BCUT2D eigenvalue weighted by Gasteiger charge is 2.07. The van der Waals surface area contributed by atoms with Crippen LogP contribution in [0.25, 0.3) is 11.3 Å². The first-order valence-electron chi connectivity index (χ1n) is 5.14. The van der Waals surface area contributed by atoms with Crippen LogP contribution in [0.4, 0.5) is 0 Å². The van der Waals surface area contributed by atoms with Gasteiger partial charge in [-0.3, -0.25) is 4.79 Å². The number of benzene rings is 1. The highest BCUT2D eigenvalue weighted by atomic mass is 35.5. The van der Waals surface area contributed by atoms with Crippen molar-refractivity contribution >= 4 is 17.5 Å². The van der Waals surface area contributed by atoms with Crippen molar-refractivity contribution in [3.05, 3.63) is 41.4 Å². The monoisotopic (exact) mass is 250 g/mol. The molecule has 2 N–H and O–H groups in total. The Morgan fingerprint density at radius 1 is 1.35 bits per heavy atom. The molecular weight excluding hydrogens is 240 g/mol. The number of hydrogen-bond acceptors (Lipinski definition) is 3. The molecule has 0 aliphatic carbocycles. The lowest BCUT2D eigenvalue weighted by Gasteiger charge is -1.94. The number of aromatic nitrogens is 1. The van der Waals surface area contributed by atoms with E-state index in [9.17, 15) is 4.79 Å². The predicted octanol–water partition coefficient (Wildman–Crippen LogP) is 2.41. The van der Waals surface area contributed by atoms with Gasteiger partial charge in [-0.15, -0.1) is 0 Å². The number of hydrogen-bond donors (Lipinski definition) is 1. The number of amides is 1. The molecule has 0 atom stereocenters. The molecule has 0 radical (unpaired) electrons. The molecular formula is C12H11ClN2O2. The van der Waals surface area contributed by atoms with E-state index in [0.717, 1.165) is 11.3 Å². The molecule has 0 saturated heterocycles. The van der Waals surface area contributed by atoms with Crippen molar-refractivity contribution in [2.45, 2.75) is 12.8 Å². The largest absolute Gasteiger partial charge is 0.448 e. The summed E-state index contributed by atoms with van der Waals surface area (Å²) in [6, 6.07) is 7.29. The minimum atomic E-state index is -0.365. The molecule has 1 heterocycles. The van der Waals surface area contributed by atoms with Gasteiger partial charge >= 0.3 is 0 Å².